The van der Waals surface area contributed by atoms with E-state index in [-0.39, 0.29) is 5.75 Å². The van der Waals surface area contributed by atoms with E-state index in [1.54, 1.807) is 4.31 Å². The Morgan fingerprint density at radius 2 is 1.90 bits per heavy atom. The third-order valence-corrected chi connectivity index (χ3v) is 6.34. The fourth-order valence-electron chi connectivity index (χ4n) is 3.17. The maximum absolute atomic E-state index is 12.0. The second-order valence-electron chi connectivity index (χ2n) is 6.06. The van der Waals surface area contributed by atoms with Gasteiger partial charge in [0.25, 0.3) is 0 Å². The lowest BCUT2D eigenvalue weighted by atomic mass is 10.00. The maximum Gasteiger partial charge on any atom is 0.214 e. The summed E-state index contributed by atoms with van der Waals surface area (Å²) in [6, 6.07) is 0.987. The number of hydrogen-bond acceptors (Lipinski definition) is 4. The highest BCUT2D eigenvalue weighted by Gasteiger charge is 2.29. The van der Waals surface area contributed by atoms with Crippen LogP contribution in [0.15, 0.2) is 0 Å². The molecule has 1 N–H and O–H groups in total. The molecule has 0 aromatic rings. The first-order valence-electron chi connectivity index (χ1n) is 7.86. The van der Waals surface area contributed by atoms with Gasteiger partial charge in [0.15, 0.2) is 0 Å². The molecule has 2 rings (SSSR count). The average Bonchev–Trinajstić information content (AvgIpc) is 2.39. The van der Waals surface area contributed by atoms with Crippen molar-refractivity contribution in [1.29, 1.82) is 0 Å². The Hall–Kier alpha value is -0.170. The molecule has 0 spiro atoms. The van der Waals surface area contributed by atoms with Gasteiger partial charge >= 0.3 is 0 Å². The van der Waals surface area contributed by atoms with Gasteiger partial charge in [-0.1, -0.05) is 6.92 Å². The molecule has 5 nitrogen and oxygen atoms in total. The van der Waals surface area contributed by atoms with Crippen LogP contribution in [0.2, 0.25) is 0 Å². The molecule has 20 heavy (non-hydrogen) atoms. The van der Waals surface area contributed by atoms with Crippen LogP contribution in [0.4, 0.5) is 0 Å². The Morgan fingerprint density at radius 3 is 2.50 bits per heavy atom. The zero-order valence-electron chi connectivity index (χ0n) is 12.7. The van der Waals surface area contributed by atoms with Crippen molar-refractivity contribution in [3.63, 3.8) is 0 Å². The monoisotopic (exact) mass is 304 g/mol. The first kappa shape index (κ1) is 16.2. The lowest BCUT2D eigenvalue weighted by Gasteiger charge is -2.36. The molecule has 0 aromatic carbocycles. The summed E-state index contributed by atoms with van der Waals surface area (Å²) in [5.74, 6) is 0.280. The van der Waals surface area contributed by atoms with Crippen molar-refractivity contribution in [3.8, 4) is 0 Å². The van der Waals surface area contributed by atoms with Crippen LogP contribution in [0.5, 0.6) is 0 Å². The van der Waals surface area contributed by atoms with Gasteiger partial charge in [-0.25, -0.2) is 12.7 Å². The molecule has 0 saturated carbocycles. The van der Waals surface area contributed by atoms with Crippen LogP contribution in [0.25, 0.3) is 0 Å². The topological polar surface area (TPSA) is 58.6 Å². The number of sulfonamides is 1. The first-order valence-corrected chi connectivity index (χ1v) is 9.47. The molecule has 2 aliphatic rings. The van der Waals surface area contributed by atoms with Gasteiger partial charge in [0.2, 0.25) is 10.0 Å². The number of nitrogens with one attached hydrogen (secondary N) is 1. The summed E-state index contributed by atoms with van der Waals surface area (Å²) < 4.78 is 31.3. The van der Waals surface area contributed by atoms with Crippen molar-refractivity contribution < 1.29 is 13.2 Å². The number of rotatable bonds is 5. The van der Waals surface area contributed by atoms with Crippen molar-refractivity contribution in [2.75, 3.05) is 25.4 Å². The van der Waals surface area contributed by atoms with Gasteiger partial charge in [0, 0.05) is 31.8 Å². The number of nitrogens with zero attached hydrogens (tertiary/aromatic N) is 1. The summed E-state index contributed by atoms with van der Waals surface area (Å²) in [5.41, 5.74) is 0. The van der Waals surface area contributed by atoms with E-state index in [1.807, 2.05) is 6.92 Å². The molecule has 2 heterocycles. The van der Waals surface area contributed by atoms with Gasteiger partial charge in [-0.3, -0.25) is 0 Å². The van der Waals surface area contributed by atoms with E-state index >= 15 is 0 Å². The molecule has 6 heteroatoms. The molecule has 2 unspecified atom stereocenters. The van der Waals surface area contributed by atoms with Gasteiger partial charge in [0.1, 0.15) is 0 Å². The van der Waals surface area contributed by atoms with Crippen LogP contribution in [-0.2, 0) is 14.8 Å². The minimum atomic E-state index is -3.01. The molecule has 0 bridgehead atoms. The fourth-order valence-corrected chi connectivity index (χ4v) is 4.71. The molecule has 2 saturated heterocycles. The highest BCUT2D eigenvalue weighted by molar-refractivity contribution is 7.89. The van der Waals surface area contributed by atoms with Crippen LogP contribution in [-0.4, -0.2) is 56.4 Å². The van der Waals surface area contributed by atoms with Crippen LogP contribution in [0.1, 0.15) is 46.0 Å². The molecular formula is C14H28N2O3S. The molecule has 2 atom stereocenters. The molecule has 2 aliphatic heterocycles. The van der Waals surface area contributed by atoms with E-state index in [9.17, 15) is 8.42 Å². The zero-order chi connectivity index (χ0) is 14.6. The highest BCUT2D eigenvalue weighted by atomic mass is 32.2. The van der Waals surface area contributed by atoms with Gasteiger partial charge in [0.05, 0.1) is 11.9 Å². The van der Waals surface area contributed by atoms with E-state index in [0.717, 1.165) is 32.3 Å². The molecule has 0 aromatic heterocycles. The summed E-state index contributed by atoms with van der Waals surface area (Å²) in [6.45, 7) is 6.20. The quantitative estimate of drug-likeness (QED) is 0.833. The van der Waals surface area contributed by atoms with E-state index in [0.29, 0.717) is 37.7 Å². The second kappa shape index (κ2) is 7.20. The fraction of sp³-hybridized carbons (Fsp3) is 1.00. The standard InChI is InChI=1S/C14H28N2O3S/c1-3-10-20(17,18)16-7-4-13(5-8-16)15-14-6-9-19-12(2)11-14/h12-15H,3-11H2,1-2H3. The van der Waals surface area contributed by atoms with Crippen LogP contribution in [0.3, 0.4) is 0 Å². The molecule has 0 radical (unpaired) electrons. The summed E-state index contributed by atoms with van der Waals surface area (Å²) in [5, 5.41) is 3.69. The Labute approximate surface area is 123 Å². The number of piperidine rings is 1. The molecule has 2 fully saturated rings. The van der Waals surface area contributed by atoms with Crippen LogP contribution >= 0.6 is 0 Å². The van der Waals surface area contributed by atoms with E-state index < -0.39 is 10.0 Å². The van der Waals surface area contributed by atoms with Crippen molar-refractivity contribution in [1.82, 2.24) is 9.62 Å². The molecule has 0 amide bonds. The number of hydrogen-bond donors (Lipinski definition) is 1. The van der Waals surface area contributed by atoms with Gasteiger partial charge < -0.3 is 10.1 Å². The Bertz CT molecular complexity index is 391. The normalized spacial score (nSPS) is 30.5. The smallest absolute Gasteiger partial charge is 0.214 e. The molecule has 0 aliphatic carbocycles. The average molecular weight is 304 g/mol. The molecule has 118 valence electrons. The Balaban J connectivity index is 1.77. The summed E-state index contributed by atoms with van der Waals surface area (Å²) in [6.07, 6.45) is 5.02. The maximum atomic E-state index is 12.0. The first-order chi connectivity index (χ1) is 9.51. The third kappa shape index (κ3) is 4.41. The molecular weight excluding hydrogens is 276 g/mol. The Morgan fingerprint density at radius 1 is 1.20 bits per heavy atom. The summed E-state index contributed by atoms with van der Waals surface area (Å²) >= 11 is 0. The second-order valence-corrected chi connectivity index (χ2v) is 8.15. The zero-order valence-corrected chi connectivity index (χ0v) is 13.5. The Kier molecular flexibility index (Phi) is 5.84. The predicted molar refractivity (Wildman–Crippen MR) is 80.2 cm³/mol. The van der Waals surface area contributed by atoms with E-state index in [4.69, 9.17) is 4.74 Å². The number of ether oxygens (including phenoxy) is 1. The van der Waals surface area contributed by atoms with Gasteiger partial charge in [-0.15, -0.1) is 0 Å². The van der Waals surface area contributed by atoms with Crippen LogP contribution < -0.4 is 5.32 Å². The van der Waals surface area contributed by atoms with E-state index in [2.05, 4.69) is 12.2 Å². The lowest BCUT2D eigenvalue weighted by molar-refractivity contribution is 0.0101. The van der Waals surface area contributed by atoms with Crippen molar-refractivity contribution in [3.05, 3.63) is 0 Å². The minimum Gasteiger partial charge on any atom is -0.378 e. The largest absolute Gasteiger partial charge is 0.378 e. The third-order valence-electron chi connectivity index (χ3n) is 4.27. The van der Waals surface area contributed by atoms with Gasteiger partial charge in [-0.05, 0) is 39.0 Å². The lowest BCUT2D eigenvalue weighted by Crippen LogP contribution is -2.49. The minimum absolute atomic E-state index is 0.280. The van der Waals surface area contributed by atoms with Gasteiger partial charge in [-0.2, -0.15) is 0 Å². The summed E-state index contributed by atoms with van der Waals surface area (Å²) in [4.78, 5) is 0. The van der Waals surface area contributed by atoms with Crippen LogP contribution in [0, 0.1) is 0 Å². The highest BCUT2D eigenvalue weighted by Crippen LogP contribution is 2.19. The predicted octanol–water partition coefficient (Wildman–Crippen LogP) is 1.35. The van der Waals surface area contributed by atoms with E-state index in [1.165, 1.54) is 0 Å². The van der Waals surface area contributed by atoms with Crippen molar-refractivity contribution in [2.45, 2.75) is 64.1 Å². The van der Waals surface area contributed by atoms with Crippen molar-refractivity contribution in [2.24, 2.45) is 0 Å². The summed E-state index contributed by atoms with van der Waals surface area (Å²) in [7, 11) is -3.01. The van der Waals surface area contributed by atoms with Crippen molar-refractivity contribution >= 4 is 10.0 Å². The SMILES string of the molecule is CCCS(=O)(=O)N1CCC(NC2CCOC(C)C2)CC1.